The van der Waals surface area contributed by atoms with Crippen molar-refractivity contribution in [2.45, 2.75) is 26.3 Å². The lowest BCUT2D eigenvalue weighted by atomic mass is 10.0. The molecule has 1 aliphatic rings. The average molecular weight is 352 g/mol. The molecule has 2 aromatic rings. The van der Waals surface area contributed by atoms with Crippen LogP contribution in [-0.2, 0) is 11.2 Å². The quantitative estimate of drug-likeness (QED) is 0.612. The zero-order chi connectivity index (χ0) is 18.5. The van der Waals surface area contributed by atoms with Crippen molar-refractivity contribution in [3.63, 3.8) is 0 Å². The van der Waals surface area contributed by atoms with Crippen LogP contribution in [0.4, 0.5) is 0 Å². The third-order valence-corrected chi connectivity index (χ3v) is 5.13. The number of carbonyl (C=O) groups excluding carboxylic acids is 1. The Bertz CT molecular complexity index is 717. The summed E-state index contributed by atoms with van der Waals surface area (Å²) in [6.07, 6.45) is 0.675. The number of esters is 1. The minimum atomic E-state index is -0.259. The average Bonchev–Trinajstić information content (AvgIpc) is 2.64. The summed E-state index contributed by atoms with van der Waals surface area (Å²) in [5.74, 6) is 0.542. The van der Waals surface area contributed by atoms with Crippen LogP contribution in [0.25, 0.3) is 0 Å². The molecule has 2 aromatic carbocycles. The summed E-state index contributed by atoms with van der Waals surface area (Å²) in [6, 6.07) is 15.9. The molecule has 0 N–H and O–H groups in total. The summed E-state index contributed by atoms with van der Waals surface area (Å²) in [5, 5.41) is 0. The maximum Gasteiger partial charge on any atom is 0.329 e. The number of aryl methyl sites for hydroxylation is 2. The van der Waals surface area contributed by atoms with Crippen molar-refractivity contribution < 1.29 is 9.53 Å². The Morgan fingerprint density at radius 2 is 1.58 bits per heavy atom. The monoisotopic (exact) mass is 352 g/mol. The Balaban J connectivity index is 1.81. The molecule has 1 heterocycles. The van der Waals surface area contributed by atoms with Crippen molar-refractivity contribution >= 4 is 5.97 Å². The van der Waals surface area contributed by atoms with Gasteiger partial charge in [0.25, 0.3) is 0 Å². The van der Waals surface area contributed by atoms with E-state index in [1.165, 1.54) is 0 Å². The Kier molecular flexibility index (Phi) is 6.07. The van der Waals surface area contributed by atoms with Gasteiger partial charge in [-0.25, -0.2) is 4.79 Å². The van der Waals surface area contributed by atoms with Gasteiger partial charge >= 0.3 is 5.97 Å². The molecule has 1 fully saturated rings. The summed E-state index contributed by atoms with van der Waals surface area (Å²) < 4.78 is 5.90. The fraction of sp³-hybridized carbons (Fsp3) is 0.409. The maximum absolute atomic E-state index is 13.1. The number of hydrogen-bond acceptors (Lipinski definition) is 4. The fourth-order valence-electron chi connectivity index (χ4n) is 3.46. The zero-order valence-electron chi connectivity index (χ0n) is 15.9. The number of para-hydroxylation sites is 1. The van der Waals surface area contributed by atoms with Gasteiger partial charge in [0, 0.05) is 26.2 Å². The molecular weight excluding hydrogens is 324 g/mol. The molecule has 0 amide bonds. The molecule has 138 valence electrons. The van der Waals surface area contributed by atoms with Gasteiger partial charge in [-0.2, -0.15) is 0 Å². The molecule has 1 saturated heterocycles. The van der Waals surface area contributed by atoms with Gasteiger partial charge in [0.05, 0.1) is 0 Å². The van der Waals surface area contributed by atoms with E-state index >= 15 is 0 Å². The Labute approximate surface area is 156 Å². The predicted molar refractivity (Wildman–Crippen MR) is 105 cm³/mol. The third-order valence-electron chi connectivity index (χ3n) is 5.13. The van der Waals surface area contributed by atoms with Crippen molar-refractivity contribution in [2.75, 3.05) is 33.2 Å². The Morgan fingerprint density at radius 3 is 2.19 bits per heavy atom. The second kappa shape index (κ2) is 8.47. The van der Waals surface area contributed by atoms with Gasteiger partial charge in [-0.1, -0.05) is 48.5 Å². The molecule has 3 rings (SSSR count). The lowest BCUT2D eigenvalue weighted by molar-refractivity contribution is -0.141. The van der Waals surface area contributed by atoms with Gasteiger partial charge in [0.2, 0.25) is 0 Å². The van der Waals surface area contributed by atoms with Crippen LogP contribution in [0.1, 0.15) is 16.7 Å². The predicted octanol–water partition coefficient (Wildman–Crippen LogP) is 3.07. The highest BCUT2D eigenvalue weighted by molar-refractivity contribution is 5.79. The number of benzene rings is 2. The molecule has 1 atom stereocenters. The first kappa shape index (κ1) is 18.6. The fourth-order valence-corrected chi connectivity index (χ4v) is 3.46. The van der Waals surface area contributed by atoms with E-state index < -0.39 is 0 Å². The number of carbonyl (C=O) groups is 1. The minimum absolute atomic E-state index is 0.157. The van der Waals surface area contributed by atoms with E-state index in [4.69, 9.17) is 4.74 Å². The van der Waals surface area contributed by atoms with Crippen LogP contribution in [0.2, 0.25) is 0 Å². The van der Waals surface area contributed by atoms with Crippen molar-refractivity contribution in [1.82, 2.24) is 9.80 Å². The van der Waals surface area contributed by atoms with E-state index in [2.05, 4.69) is 29.0 Å². The van der Waals surface area contributed by atoms with Crippen LogP contribution >= 0.6 is 0 Å². The van der Waals surface area contributed by atoms with Gasteiger partial charge in [-0.05, 0) is 44.0 Å². The van der Waals surface area contributed by atoms with Crippen LogP contribution in [0.5, 0.6) is 5.75 Å². The van der Waals surface area contributed by atoms with Gasteiger partial charge in [0.15, 0.2) is 0 Å². The number of rotatable bonds is 5. The van der Waals surface area contributed by atoms with Crippen molar-refractivity contribution in [2.24, 2.45) is 0 Å². The number of likely N-dealkylation sites (N-methyl/N-ethyl adjacent to an activating group) is 1. The van der Waals surface area contributed by atoms with Crippen molar-refractivity contribution in [3.8, 4) is 5.75 Å². The maximum atomic E-state index is 13.1. The Morgan fingerprint density at radius 1 is 0.962 bits per heavy atom. The van der Waals surface area contributed by atoms with Crippen LogP contribution in [-0.4, -0.2) is 55.0 Å². The van der Waals surface area contributed by atoms with Gasteiger partial charge in [0.1, 0.15) is 11.8 Å². The smallest absolute Gasteiger partial charge is 0.329 e. The standard InChI is InChI=1S/C22H28N2O2/c1-17-8-7-9-18(2)21(17)26-22(25)20(16-19-10-5-4-6-11-19)24-14-12-23(3)13-15-24/h4-11,20H,12-16H2,1-3H3. The van der Waals surface area contributed by atoms with Gasteiger partial charge < -0.3 is 9.64 Å². The third kappa shape index (κ3) is 4.51. The van der Waals surface area contributed by atoms with E-state index in [0.29, 0.717) is 12.2 Å². The first-order valence-electron chi connectivity index (χ1n) is 9.29. The van der Waals surface area contributed by atoms with Gasteiger partial charge in [-0.3, -0.25) is 4.90 Å². The van der Waals surface area contributed by atoms with E-state index in [1.54, 1.807) is 0 Å². The lowest BCUT2D eigenvalue weighted by Gasteiger charge is -2.36. The summed E-state index contributed by atoms with van der Waals surface area (Å²) in [6.45, 7) is 7.69. The first-order valence-corrected chi connectivity index (χ1v) is 9.29. The second-order valence-electron chi connectivity index (χ2n) is 7.19. The molecule has 26 heavy (non-hydrogen) atoms. The summed E-state index contributed by atoms with van der Waals surface area (Å²) in [4.78, 5) is 17.7. The zero-order valence-corrected chi connectivity index (χ0v) is 15.9. The molecule has 0 spiro atoms. The molecule has 4 heteroatoms. The Hall–Kier alpha value is -2.17. The molecule has 1 aliphatic heterocycles. The molecule has 0 radical (unpaired) electrons. The van der Waals surface area contributed by atoms with Crippen LogP contribution in [0.3, 0.4) is 0 Å². The highest BCUT2D eigenvalue weighted by atomic mass is 16.5. The molecule has 0 aromatic heterocycles. The topological polar surface area (TPSA) is 32.8 Å². The number of ether oxygens (including phenoxy) is 1. The highest BCUT2D eigenvalue weighted by Gasteiger charge is 2.30. The largest absolute Gasteiger partial charge is 0.425 e. The van der Waals surface area contributed by atoms with Gasteiger partial charge in [-0.15, -0.1) is 0 Å². The normalized spacial score (nSPS) is 17.0. The van der Waals surface area contributed by atoms with Crippen LogP contribution in [0.15, 0.2) is 48.5 Å². The van der Waals surface area contributed by atoms with Crippen molar-refractivity contribution in [1.29, 1.82) is 0 Å². The van der Waals surface area contributed by atoms with E-state index in [9.17, 15) is 4.79 Å². The van der Waals surface area contributed by atoms with Crippen LogP contribution in [0, 0.1) is 13.8 Å². The van der Waals surface area contributed by atoms with Crippen molar-refractivity contribution in [3.05, 3.63) is 65.2 Å². The van der Waals surface area contributed by atoms with Crippen LogP contribution < -0.4 is 4.74 Å². The minimum Gasteiger partial charge on any atom is -0.425 e. The lowest BCUT2D eigenvalue weighted by Crippen LogP contribution is -2.53. The van der Waals surface area contributed by atoms with E-state index in [0.717, 1.165) is 42.9 Å². The summed E-state index contributed by atoms with van der Waals surface area (Å²) in [5.41, 5.74) is 3.15. The number of piperazine rings is 1. The SMILES string of the molecule is Cc1cccc(C)c1OC(=O)C(Cc1ccccc1)N1CCN(C)CC1. The van der Waals surface area contributed by atoms with E-state index in [-0.39, 0.29) is 12.0 Å². The molecule has 0 aliphatic carbocycles. The molecule has 4 nitrogen and oxygen atoms in total. The second-order valence-corrected chi connectivity index (χ2v) is 7.19. The molecule has 0 saturated carbocycles. The molecular formula is C22H28N2O2. The molecule has 1 unspecified atom stereocenters. The first-order chi connectivity index (χ1) is 12.5. The molecule has 0 bridgehead atoms. The van der Waals surface area contributed by atoms with E-state index in [1.807, 2.05) is 50.2 Å². The number of nitrogens with zero attached hydrogens (tertiary/aromatic N) is 2. The highest BCUT2D eigenvalue weighted by Crippen LogP contribution is 2.24. The summed E-state index contributed by atoms with van der Waals surface area (Å²) in [7, 11) is 2.12. The summed E-state index contributed by atoms with van der Waals surface area (Å²) >= 11 is 0. The number of hydrogen-bond donors (Lipinski definition) is 0.